The summed E-state index contributed by atoms with van der Waals surface area (Å²) in [7, 11) is 1.18. The predicted octanol–water partition coefficient (Wildman–Crippen LogP) is 0.527. The summed E-state index contributed by atoms with van der Waals surface area (Å²) in [4.78, 5) is 24.2. The maximum atomic E-state index is 14.0. The lowest BCUT2D eigenvalue weighted by molar-refractivity contribution is -0.158. The van der Waals surface area contributed by atoms with Gasteiger partial charge in [0.2, 0.25) is 5.67 Å². The van der Waals surface area contributed by atoms with Crippen molar-refractivity contribution in [3.8, 4) is 0 Å². The Kier molecular flexibility index (Phi) is 4.86. The number of likely N-dealkylation sites (tertiary alicyclic amines) is 1. The highest BCUT2D eigenvalue weighted by atomic mass is 19.1. The number of rotatable bonds is 4. The first kappa shape index (κ1) is 13.9. The maximum Gasteiger partial charge on any atom is 0.343 e. The third-order valence-electron chi connectivity index (χ3n) is 2.86. The number of piperidine rings is 1. The van der Waals surface area contributed by atoms with Gasteiger partial charge in [0.25, 0.3) is 0 Å². The second kappa shape index (κ2) is 5.95. The number of nitrogens with zero attached hydrogens (tertiary/aromatic N) is 1. The van der Waals surface area contributed by atoms with Gasteiger partial charge in [-0.25, -0.2) is 9.18 Å². The first-order valence-electron chi connectivity index (χ1n) is 5.67. The minimum atomic E-state index is -1.90. The Labute approximate surface area is 99.9 Å². The van der Waals surface area contributed by atoms with Crippen LogP contribution in [0.25, 0.3) is 0 Å². The lowest BCUT2D eigenvalue weighted by atomic mass is 9.93. The molecule has 1 rings (SSSR count). The highest BCUT2D eigenvalue weighted by molar-refractivity contribution is 5.79. The number of carbonyl (C=O) groups is 2. The van der Waals surface area contributed by atoms with Gasteiger partial charge < -0.3 is 9.47 Å². The van der Waals surface area contributed by atoms with E-state index in [4.69, 9.17) is 4.74 Å². The van der Waals surface area contributed by atoms with Crippen LogP contribution in [0.1, 0.15) is 19.8 Å². The highest BCUT2D eigenvalue weighted by Crippen LogP contribution is 2.27. The third-order valence-corrected chi connectivity index (χ3v) is 2.86. The summed E-state index contributed by atoms with van der Waals surface area (Å²) >= 11 is 0. The molecule has 17 heavy (non-hydrogen) atoms. The van der Waals surface area contributed by atoms with Crippen molar-refractivity contribution in [1.82, 2.24) is 4.90 Å². The summed E-state index contributed by atoms with van der Waals surface area (Å²) in [5.74, 6) is -1.15. The Bertz CT molecular complexity index is 287. The van der Waals surface area contributed by atoms with Crippen LogP contribution in [0.4, 0.5) is 4.39 Å². The van der Waals surface area contributed by atoms with E-state index in [2.05, 4.69) is 4.74 Å². The summed E-state index contributed by atoms with van der Waals surface area (Å²) in [5.41, 5.74) is -1.90. The number of methoxy groups -OCH3 is 1. The molecular weight excluding hydrogens is 229 g/mol. The Morgan fingerprint density at radius 2 is 1.94 bits per heavy atom. The molecule has 0 aromatic carbocycles. The van der Waals surface area contributed by atoms with E-state index in [1.807, 2.05) is 0 Å². The van der Waals surface area contributed by atoms with Gasteiger partial charge in [-0.1, -0.05) is 0 Å². The topological polar surface area (TPSA) is 55.8 Å². The van der Waals surface area contributed by atoms with Gasteiger partial charge in [-0.05, 0) is 6.92 Å². The fraction of sp³-hybridized carbons (Fsp3) is 0.818. The number of alkyl halides is 1. The molecule has 0 aliphatic carbocycles. The summed E-state index contributed by atoms with van der Waals surface area (Å²) in [6.45, 7) is 2.92. The molecule has 1 aliphatic rings. The largest absolute Gasteiger partial charge is 0.467 e. The predicted molar refractivity (Wildman–Crippen MR) is 58.2 cm³/mol. The van der Waals surface area contributed by atoms with Crippen LogP contribution in [0.5, 0.6) is 0 Å². The zero-order valence-corrected chi connectivity index (χ0v) is 10.2. The quantitative estimate of drug-likeness (QED) is 0.678. The number of esters is 2. The SMILES string of the molecule is CCOC(=O)CN1CCC(F)(C(=O)OC)CC1. The van der Waals surface area contributed by atoms with E-state index < -0.39 is 11.6 Å². The third kappa shape index (κ3) is 3.66. The number of hydrogen-bond donors (Lipinski definition) is 0. The molecule has 0 aromatic heterocycles. The summed E-state index contributed by atoms with van der Waals surface area (Å²) in [5, 5.41) is 0. The zero-order chi connectivity index (χ0) is 12.9. The minimum Gasteiger partial charge on any atom is -0.467 e. The van der Waals surface area contributed by atoms with Crippen molar-refractivity contribution >= 4 is 11.9 Å². The van der Waals surface area contributed by atoms with Crippen molar-refractivity contribution in [2.75, 3.05) is 33.4 Å². The first-order chi connectivity index (χ1) is 8.01. The van der Waals surface area contributed by atoms with Crippen LogP contribution in [0.15, 0.2) is 0 Å². The molecule has 0 spiro atoms. The molecule has 0 unspecified atom stereocenters. The summed E-state index contributed by atoms with van der Waals surface area (Å²) in [6.07, 6.45) is 0.109. The Balaban J connectivity index is 2.40. The number of carbonyl (C=O) groups excluding carboxylic acids is 2. The monoisotopic (exact) mass is 247 g/mol. The van der Waals surface area contributed by atoms with Crippen LogP contribution >= 0.6 is 0 Å². The summed E-state index contributed by atoms with van der Waals surface area (Å²) in [6, 6.07) is 0. The number of hydrogen-bond acceptors (Lipinski definition) is 5. The average Bonchev–Trinajstić information content (AvgIpc) is 2.31. The van der Waals surface area contributed by atoms with E-state index in [1.165, 1.54) is 7.11 Å². The van der Waals surface area contributed by atoms with Gasteiger partial charge in [-0.2, -0.15) is 0 Å². The lowest BCUT2D eigenvalue weighted by Crippen LogP contribution is -2.48. The fourth-order valence-electron chi connectivity index (χ4n) is 1.84. The van der Waals surface area contributed by atoms with Gasteiger partial charge in [-0.15, -0.1) is 0 Å². The van der Waals surface area contributed by atoms with Crippen LogP contribution in [-0.2, 0) is 19.1 Å². The lowest BCUT2D eigenvalue weighted by Gasteiger charge is -2.33. The molecule has 0 N–H and O–H groups in total. The molecule has 98 valence electrons. The van der Waals surface area contributed by atoms with E-state index in [1.54, 1.807) is 11.8 Å². The van der Waals surface area contributed by atoms with Gasteiger partial charge in [0.05, 0.1) is 20.3 Å². The van der Waals surface area contributed by atoms with Gasteiger partial charge in [-0.3, -0.25) is 9.69 Å². The van der Waals surface area contributed by atoms with E-state index in [9.17, 15) is 14.0 Å². The molecule has 5 nitrogen and oxygen atoms in total. The highest BCUT2D eigenvalue weighted by Gasteiger charge is 2.43. The normalized spacial score (nSPS) is 19.7. The molecular formula is C11H18FNO4. The van der Waals surface area contributed by atoms with E-state index >= 15 is 0 Å². The van der Waals surface area contributed by atoms with Crippen LogP contribution in [0.2, 0.25) is 0 Å². The van der Waals surface area contributed by atoms with Crippen molar-refractivity contribution in [2.24, 2.45) is 0 Å². The standard InChI is InChI=1S/C11H18FNO4/c1-3-17-9(14)8-13-6-4-11(12,5-7-13)10(15)16-2/h3-8H2,1-2H3. The Morgan fingerprint density at radius 3 is 2.41 bits per heavy atom. The van der Waals surface area contributed by atoms with Gasteiger partial charge in [0.1, 0.15) is 0 Å². The maximum absolute atomic E-state index is 14.0. The molecule has 0 amide bonds. The van der Waals surface area contributed by atoms with Gasteiger partial charge in [0, 0.05) is 25.9 Å². The Morgan fingerprint density at radius 1 is 1.35 bits per heavy atom. The molecule has 0 atom stereocenters. The molecule has 1 saturated heterocycles. The smallest absolute Gasteiger partial charge is 0.343 e. The van der Waals surface area contributed by atoms with E-state index in [-0.39, 0.29) is 25.4 Å². The number of ether oxygens (including phenoxy) is 2. The average molecular weight is 247 g/mol. The summed E-state index contributed by atoms with van der Waals surface area (Å²) < 4.78 is 23.2. The van der Waals surface area contributed by atoms with Gasteiger partial charge >= 0.3 is 11.9 Å². The molecule has 0 radical (unpaired) electrons. The molecule has 6 heteroatoms. The van der Waals surface area contributed by atoms with E-state index in [0.29, 0.717) is 19.7 Å². The molecule has 0 aromatic rings. The second-order valence-electron chi connectivity index (χ2n) is 4.04. The zero-order valence-electron chi connectivity index (χ0n) is 10.2. The van der Waals surface area contributed by atoms with Crippen LogP contribution in [0, 0.1) is 0 Å². The number of halogens is 1. The van der Waals surface area contributed by atoms with Crippen molar-refractivity contribution in [1.29, 1.82) is 0 Å². The van der Waals surface area contributed by atoms with Crippen LogP contribution < -0.4 is 0 Å². The first-order valence-corrected chi connectivity index (χ1v) is 5.67. The molecule has 1 heterocycles. The van der Waals surface area contributed by atoms with E-state index in [0.717, 1.165) is 0 Å². The van der Waals surface area contributed by atoms with Crippen LogP contribution in [-0.4, -0.2) is 55.9 Å². The minimum absolute atomic E-state index is 0.0546. The van der Waals surface area contributed by atoms with Crippen molar-refractivity contribution in [2.45, 2.75) is 25.4 Å². The van der Waals surface area contributed by atoms with Crippen molar-refractivity contribution < 1.29 is 23.5 Å². The van der Waals surface area contributed by atoms with Crippen LogP contribution in [0.3, 0.4) is 0 Å². The molecule has 1 fully saturated rings. The second-order valence-corrected chi connectivity index (χ2v) is 4.04. The molecule has 0 saturated carbocycles. The Hall–Kier alpha value is -1.17. The van der Waals surface area contributed by atoms with Crippen molar-refractivity contribution in [3.05, 3.63) is 0 Å². The molecule has 1 aliphatic heterocycles. The fourth-order valence-corrected chi connectivity index (χ4v) is 1.84. The van der Waals surface area contributed by atoms with Crippen molar-refractivity contribution in [3.63, 3.8) is 0 Å². The van der Waals surface area contributed by atoms with Gasteiger partial charge in [0.15, 0.2) is 0 Å². The molecule has 0 bridgehead atoms.